The van der Waals surface area contributed by atoms with E-state index < -0.39 is 0 Å². The maximum atomic E-state index is 12.6. The monoisotopic (exact) mass is 334 g/mol. The first kappa shape index (κ1) is 17.0. The molecule has 1 N–H and O–H groups in total. The van der Waals surface area contributed by atoms with Crippen LogP contribution in [0.25, 0.3) is 22.8 Å². The van der Waals surface area contributed by atoms with Crippen LogP contribution < -0.4 is 5.32 Å². The molecule has 0 saturated carbocycles. The van der Waals surface area contributed by atoms with E-state index in [0.29, 0.717) is 28.7 Å². The lowest BCUT2D eigenvalue weighted by atomic mass is 10.0. The van der Waals surface area contributed by atoms with Gasteiger partial charge in [-0.1, -0.05) is 56.3 Å². The first-order valence-electron chi connectivity index (χ1n) is 8.47. The van der Waals surface area contributed by atoms with Gasteiger partial charge in [-0.15, -0.1) is 0 Å². The minimum absolute atomic E-state index is 0.0880. The standard InChI is InChI=1S/C21H22N2O2/c1-14(2)15(3)23-20(24)17-11-7-8-12-18(17)21-22-13-19(25-21)16-9-5-4-6-10-16/h4-15H,1-3H3,(H,23,24). The summed E-state index contributed by atoms with van der Waals surface area (Å²) in [5.41, 5.74) is 2.21. The van der Waals surface area contributed by atoms with E-state index in [-0.39, 0.29) is 11.9 Å². The second-order valence-corrected chi connectivity index (χ2v) is 6.45. The minimum atomic E-state index is -0.115. The fourth-order valence-electron chi connectivity index (χ4n) is 2.45. The second kappa shape index (κ2) is 7.34. The van der Waals surface area contributed by atoms with Crippen molar-refractivity contribution in [2.45, 2.75) is 26.8 Å². The third-order valence-electron chi connectivity index (χ3n) is 4.32. The van der Waals surface area contributed by atoms with E-state index in [9.17, 15) is 4.79 Å². The molecule has 4 heteroatoms. The van der Waals surface area contributed by atoms with Crippen molar-refractivity contribution >= 4 is 5.91 Å². The van der Waals surface area contributed by atoms with Gasteiger partial charge in [-0.2, -0.15) is 0 Å². The van der Waals surface area contributed by atoms with Crippen molar-refractivity contribution < 1.29 is 9.21 Å². The second-order valence-electron chi connectivity index (χ2n) is 6.45. The smallest absolute Gasteiger partial charge is 0.252 e. The van der Waals surface area contributed by atoms with Gasteiger partial charge >= 0.3 is 0 Å². The van der Waals surface area contributed by atoms with E-state index in [1.165, 1.54) is 0 Å². The Balaban J connectivity index is 1.91. The van der Waals surface area contributed by atoms with Gasteiger partial charge in [0.15, 0.2) is 5.76 Å². The summed E-state index contributed by atoms with van der Waals surface area (Å²) >= 11 is 0. The molecule has 1 amide bonds. The number of oxazole rings is 1. The molecular weight excluding hydrogens is 312 g/mol. The van der Waals surface area contributed by atoms with Crippen molar-refractivity contribution in [3.8, 4) is 22.8 Å². The Bertz CT molecular complexity index is 853. The fraction of sp³-hybridized carbons (Fsp3) is 0.238. The zero-order chi connectivity index (χ0) is 17.8. The van der Waals surface area contributed by atoms with Gasteiger partial charge in [0.05, 0.1) is 11.8 Å². The zero-order valence-corrected chi connectivity index (χ0v) is 14.7. The van der Waals surface area contributed by atoms with Crippen molar-refractivity contribution in [3.05, 3.63) is 66.4 Å². The van der Waals surface area contributed by atoms with E-state index >= 15 is 0 Å². The van der Waals surface area contributed by atoms with Gasteiger partial charge in [0, 0.05) is 17.2 Å². The number of nitrogens with one attached hydrogen (secondary N) is 1. The number of carbonyl (C=O) groups is 1. The van der Waals surface area contributed by atoms with Crippen molar-refractivity contribution in [2.24, 2.45) is 5.92 Å². The van der Waals surface area contributed by atoms with E-state index in [2.05, 4.69) is 24.1 Å². The molecular formula is C21H22N2O2. The molecule has 128 valence electrons. The highest BCUT2D eigenvalue weighted by atomic mass is 16.4. The normalized spacial score (nSPS) is 12.2. The Morgan fingerprint density at radius 2 is 1.68 bits per heavy atom. The summed E-state index contributed by atoms with van der Waals surface area (Å²) < 4.78 is 5.91. The molecule has 1 atom stereocenters. The Hall–Kier alpha value is -2.88. The first-order valence-corrected chi connectivity index (χ1v) is 8.47. The molecule has 25 heavy (non-hydrogen) atoms. The quantitative estimate of drug-likeness (QED) is 0.730. The summed E-state index contributed by atoms with van der Waals surface area (Å²) in [6, 6.07) is 17.3. The van der Waals surface area contributed by atoms with Crippen LogP contribution in [0.3, 0.4) is 0 Å². The number of nitrogens with zero attached hydrogens (tertiary/aromatic N) is 1. The molecule has 0 radical (unpaired) electrons. The molecule has 4 nitrogen and oxygen atoms in total. The van der Waals surface area contributed by atoms with Crippen LogP contribution in [0.15, 0.2) is 65.2 Å². The number of amides is 1. The summed E-state index contributed by atoms with van der Waals surface area (Å²) in [5.74, 6) is 1.38. The van der Waals surface area contributed by atoms with E-state index in [1.807, 2.05) is 55.5 Å². The molecule has 2 aromatic carbocycles. The third-order valence-corrected chi connectivity index (χ3v) is 4.32. The van der Waals surface area contributed by atoms with Crippen LogP contribution in [-0.4, -0.2) is 16.9 Å². The number of hydrogen-bond donors (Lipinski definition) is 1. The van der Waals surface area contributed by atoms with Crippen LogP contribution in [0.5, 0.6) is 0 Å². The van der Waals surface area contributed by atoms with Crippen LogP contribution in [0.2, 0.25) is 0 Å². The minimum Gasteiger partial charge on any atom is -0.436 e. The Morgan fingerprint density at radius 1 is 1.00 bits per heavy atom. The lowest BCUT2D eigenvalue weighted by Gasteiger charge is -2.18. The number of carbonyl (C=O) groups excluding carboxylic acids is 1. The number of rotatable bonds is 5. The topological polar surface area (TPSA) is 55.1 Å². The molecule has 0 bridgehead atoms. The first-order chi connectivity index (χ1) is 12.1. The van der Waals surface area contributed by atoms with Gasteiger partial charge < -0.3 is 9.73 Å². The Labute approximate surface area is 147 Å². The molecule has 1 aromatic heterocycles. The van der Waals surface area contributed by atoms with Crippen LogP contribution in [0, 0.1) is 5.92 Å². The Morgan fingerprint density at radius 3 is 2.40 bits per heavy atom. The van der Waals surface area contributed by atoms with Crippen molar-refractivity contribution in [3.63, 3.8) is 0 Å². The SMILES string of the molecule is CC(C)C(C)NC(=O)c1ccccc1-c1ncc(-c2ccccc2)o1. The van der Waals surface area contributed by atoms with Gasteiger partial charge in [-0.25, -0.2) is 4.98 Å². The fourth-order valence-corrected chi connectivity index (χ4v) is 2.45. The summed E-state index contributed by atoms with van der Waals surface area (Å²) in [6.45, 7) is 6.16. The molecule has 3 rings (SSSR count). The summed E-state index contributed by atoms with van der Waals surface area (Å²) in [7, 11) is 0. The average Bonchev–Trinajstić information content (AvgIpc) is 3.12. The molecule has 0 aliphatic carbocycles. The largest absolute Gasteiger partial charge is 0.436 e. The maximum Gasteiger partial charge on any atom is 0.252 e. The van der Waals surface area contributed by atoms with Crippen molar-refractivity contribution in [1.82, 2.24) is 10.3 Å². The van der Waals surface area contributed by atoms with E-state index in [0.717, 1.165) is 5.56 Å². The van der Waals surface area contributed by atoms with Gasteiger partial charge in [-0.05, 0) is 25.0 Å². The third kappa shape index (κ3) is 3.79. The highest BCUT2D eigenvalue weighted by Gasteiger charge is 2.19. The lowest BCUT2D eigenvalue weighted by Crippen LogP contribution is -2.36. The average molecular weight is 334 g/mol. The number of aromatic nitrogens is 1. The van der Waals surface area contributed by atoms with Crippen LogP contribution in [0.4, 0.5) is 0 Å². The maximum absolute atomic E-state index is 12.6. The van der Waals surface area contributed by atoms with Crippen LogP contribution >= 0.6 is 0 Å². The van der Waals surface area contributed by atoms with Crippen LogP contribution in [-0.2, 0) is 0 Å². The molecule has 0 saturated heterocycles. The molecule has 0 aliphatic heterocycles. The van der Waals surface area contributed by atoms with Crippen molar-refractivity contribution in [2.75, 3.05) is 0 Å². The molecule has 0 fully saturated rings. The van der Waals surface area contributed by atoms with Crippen LogP contribution in [0.1, 0.15) is 31.1 Å². The zero-order valence-electron chi connectivity index (χ0n) is 14.7. The number of hydrogen-bond acceptors (Lipinski definition) is 3. The Kier molecular flexibility index (Phi) is 4.98. The van der Waals surface area contributed by atoms with Gasteiger partial charge in [0.1, 0.15) is 0 Å². The van der Waals surface area contributed by atoms with Gasteiger partial charge in [0.25, 0.3) is 5.91 Å². The van der Waals surface area contributed by atoms with E-state index in [1.54, 1.807) is 12.3 Å². The highest BCUT2D eigenvalue weighted by molar-refractivity contribution is 6.00. The molecule has 3 aromatic rings. The van der Waals surface area contributed by atoms with Crippen molar-refractivity contribution in [1.29, 1.82) is 0 Å². The number of benzene rings is 2. The molecule has 1 heterocycles. The van der Waals surface area contributed by atoms with Gasteiger partial charge in [0.2, 0.25) is 5.89 Å². The predicted molar refractivity (Wildman–Crippen MR) is 99.1 cm³/mol. The van der Waals surface area contributed by atoms with E-state index in [4.69, 9.17) is 4.42 Å². The molecule has 1 unspecified atom stereocenters. The van der Waals surface area contributed by atoms with Gasteiger partial charge in [-0.3, -0.25) is 4.79 Å². The summed E-state index contributed by atoms with van der Waals surface area (Å²) in [6.07, 6.45) is 1.69. The molecule has 0 aliphatic rings. The lowest BCUT2D eigenvalue weighted by molar-refractivity contribution is 0.0931. The summed E-state index contributed by atoms with van der Waals surface area (Å²) in [4.78, 5) is 17.0. The highest BCUT2D eigenvalue weighted by Crippen LogP contribution is 2.28. The summed E-state index contributed by atoms with van der Waals surface area (Å²) in [5, 5.41) is 3.04. The predicted octanol–water partition coefficient (Wildman–Crippen LogP) is 4.78. The molecule has 0 spiro atoms.